The van der Waals surface area contributed by atoms with Crippen molar-refractivity contribution in [3.05, 3.63) is 53.4 Å². The van der Waals surface area contributed by atoms with Crippen LogP contribution in [0.2, 0.25) is 0 Å². The van der Waals surface area contributed by atoms with E-state index in [-0.39, 0.29) is 5.75 Å². The van der Waals surface area contributed by atoms with Crippen molar-refractivity contribution in [2.24, 2.45) is 4.99 Å². The number of piperazine rings is 1. The first-order valence-electron chi connectivity index (χ1n) is 9.43. The van der Waals surface area contributed by atoms with Crippen LogP contribution < -0.4 is 5.32 Å². The molecule has 0 bridgehead atoms. The molecule has 0 unspecified atom stereocenters. The lowest BCUT2D eigenvalue weighted by molar-refractivity contribution is 0.259. The third kappa shape index (κ3) is 4.90. The molecule has 1 aliphatic rings. The van der Waals surface area contributed by atoms with Crippen LogP contribution in [0, 0.1) is 0 Å². The maximum atomic E-state index is 12.6. The average Bonchev–Trinajstić information content (AvgIpc) is 3.21. The lowest BCUT2D eigenvalue weighted by Crippen LogP contribution is -2.53. The van der Waals surface area contributed by atoms with Gasteiger partial charge in [-0.15, -0.1) is 0 Å². The van der Waals surface area contributed by atoms with E-state index in [9.17, 15) is 8.42 Å². The number of aliphatic imine (C=N–C) groups is 1. The molecule has 1 fully saturated rings. The van der Waals surface area contributed by atoms with Gasteiger partial charge in [-0.2, -0.15) is 4.31 Å². The summed E-state index contributed by atoms with van der Waals surface area (Å²) < 4.78 is 31.4. The van der Waals surface area contributed by atoms with Crippen molar-refractivity contribution >= 4 is 16.0 Å². The fourth-order valence-corrected chi connectivity index (χ4v) is 4.77. The van der Waals surface area contributed by atoms with Gasteiger partial charge < -0.3 is 14.7 Å². The molecule has 2 heterocycles. The quantitative estimate of drug-likeness (QED) is 0.578. The molecule has 28 heavy (non-hydrogen) atoms. The smallest absolute Gasteiger partial charge is 0.220 e. The van der Waals surface area contributed by atoms with E-state index in [0.29, 0.717) is 38.4 Å². The predicted octanol–water partition coefficient (Wildman–Crippen LogP) is 1.46. The Kier molecular flexibility index (Phi) is 6.69. The van der Waals surface area contributed by atoms with Crippen LogP contribution in [0.4, 0.5) is 0 Å². The number of rotatable bonds is 6. The summed E-state index contributed by atoms with van der Waals surface area (Å²) in [5.41, 5.74) is 2.99. The fraction of sp³-hybridized carbons (Fsp3) is 0.474. The highest BCUT2D eigenvalue weighted by Gasteiger charge is 2.28. The van der Waals surface area contributed by atoms with E-state index in [1.165, 1.54) is 21.7 Å². The summed E-state index contributed by atoms with van der Waals surface area (Å²) in [7, 11) is -1.65. The van der Waals surface area contributed by atoms with Crippen LogP contribution in [0.1, 0.15) is 23.7 Å². The van der Waals surface area contributed by atoms with E-state index in [1.807, 2.05) is 6.07 Å². The molecule has 152 valence electrons. The van der Waals surface area contributed by atoms with Crippen molar-refractivity contribution in [3.8, 4) is 0 Å². The monoisotopic (exact) mass is 405 g/mol. The first kappa shape index (κ1) is 20.3. The minimum atomic E-state index is -3.40. The maximum absolute atomic E-state index is 12.6. The zero-order valence-corrected chi connectivity index (χ0v) is 17.2. The zero-order valence-electron chi connectivity index (χ0n) is 16.3. The molecule has 0 saturated carbocycles. The molecular formula is C19H27N5O3S. The number of nitrogens with one attached hydrogen (secondary N) is 1. The number of aryl methyl sites for hydroxylation is 1. The highest BCUT2D eigenvalue weighted by molar-refractivity contribution is 7.88. The van der Waals surface area contributed by atoms with Gasteiger partial charge in [0.25, 0.3) is 0 Å². The summed E-state index contributed by atoms with van der Waals surface area (Å²) in [6.45, 7) is 4.87. The zero-order chi connectivity index (χ0) is 20.0. The molecule has 9 heteroatoms. The summed E-state index contributed by atoms with van der Waals surface area (Å²) in [5, 5.41) is 7.11. The predicted molar refractivity (Wildman–Crippen MR) is 108 cm³/mol. The van der Waals surface area contributed by atoms with Crippen LogP contribution in [-0.2, 0) is 28.7 Å². The minimum Gasteiger partial charge on any atom is -0.364 e. The first-order valence-corrected chi connectivity index (χ1v) is 11.0. The molecule has 0 aliphatic carbocycles. The van der Waals surface area contributed by atoms with Crippen LogP contribution in [0.5, 0.6) is 0 Å². The standard InChI is InChI=1S/C19H27N5O3S/c1-3-16-6-4-5-7-17(16)14-21-19(20-2)23-9-11-24(12-10-23)28(25,26)15-18-8-13-27-22-18/h4-8,13H,3,9-12,14-15H2,1-2H3,(H,20,21). The molecule has 1 N–H and O–H groups in total. The third-order valence-electron chi connectivity index (χ3n) is 4.90. The Bertz CT molecular complexity index is 888. The number of hydrogen-bond acceptors (Lipinski definition) is 5. The van der Waals surface area contributed by atoms with Crippen LogP contribution in [0.3, 0.4) is 0 Å². The van der Waals surface area contributed by atoms with Crippen molar-refractivity contribution in [2.45, 2.75) is 25.6 Å². The van der Waals surface area contributed by atoms with E-state index in [0.717, 1.165) is 12.4 Å². The minimum absolute atomic E-state index is 0.135. The summed E-state index contributed by atoms with van der Waals surface area (Å²) in [6.07, 6.45) is 2.37. The Hall–Kier alpha value is -2.39. The highest BCUT2D eigenvalue weighted by Crippen LogP contribution is 2.13. The lowest BCUT2D eigenvalue weighted by atomic mass is 10.1. The van der Waals surface area contributed by atoms with E-state index >= 15 is 0 Å². The molecule has 0 atom stereocenters. The highest BCUT2D eigenvalue weighted by atomic mass is 32.2. The second-order valence-corrected chi connectivity index (χ2v) is 8.63. The van der Waals surface area contributed by atoms with Gasteiger partial charge in [0.05, 0.1) is 5.69 Å². The first-order chi connectivity index (χ1) is 13.5. The Balaban J connectivity index is 1.55. The second kappa shape index (κ2) is 9.20. The van der Waals surface area contributed by atoms with Gasteiger partial charge >= 0.3 is 0 Å². The molecule has 0 radical (unpaired) electrons. The largest absolute Gasteiger partial charge is 0.364 e. The van der Waals surface area contributed by atoms with E-state index < -0.39 is 10.0 Å². The molecule has 1 aliphatic heterocycles. The SMILES string of the molecule is CCc1ccccc1CNC(=NC)N1CCN(S(=O)(=O)Cc2ccon2)CC1. The van der Waals surface area contributed by atoms with Crippen molar-refractivity contribution < 1.29 is 12.9 Å². The molecule has 3 rings (SSSR count). The van der Waals surface area contributed by atoms with Crippen molar-refractivity contribution in [1.82, 2.24) is 19.7 Å². The fourth-order valence-electron chi connectivity index (χ4n) is 3.35. The number of hydrogen-bond donors (Lipinski definition) is 1. The topological polar surface area (TPSA) is 91.0 Å². The average molecular weight is 406 g/mol. The van der Waals surface area contributed by atoms with Crippen molar-refractivity contribution in [3.63, 3.8) is 0 Å². The van der Waals surface area contributed by atoms with Gasteiger partial charge in [-0.1, -0.05) is 36.3 Å². The molecule has 0 spiro atoms. The number of guanidine groups is 1. The summed E-state index contributed by atoms with van der Waals surface area (Å²) in [5.74, 6) is 0.657. The van der Waals surface area contributed by atoms with E-state index in [2.05, 4.69) is 45.5 Å². The number of nitrogens with zero attached hydrogens (tertiary/aromatic N) is 4. The van der Waals surface area contributed by atoms with Gasteiger partial charge in [0.1, 0.15) is 12.0 Å². The normalized spacial score (nSPS) is 16.4. The van der Waals surface area contributed by atoms with Crippen molar-refractivity contribution in [1.29, 1.82) is 0 Å². The summed E-state index contributed by atoms with van der Waals surface area (Å²) in [6, 6.07) is 9.92. The van der Waals surface area contributed by atoms with Gasteiger partial charge in [-0.25, -0.2) is 8.42 Å². The summed E-state index contributed by atoms with van der Waals surface area (Å²) >= 11 is 0. The Morgan fingerprint density at radius 1 is 1.18 bits per heavy atom. The Morgan fingerprint density at radius 2 is 1.89 bits per heavy atom. The van der Waals surface area contributed by atoms with Crippen LogP contribution >= 0.6 is 0 Å². The van der Waals surface area contributed by atoms with Crippen LogP contribution in [-0.4, -0.2) is 62.0 Å². The Labute approximate surface area is 166 Å². The number of sulfonamides is 1. The lowest BCUT2D eigenvalue weighted by Gasteiger charge is -2.35. The van der Waals surface area contributed by atoms with E-state index in [4.69, 9.17) is 4.52 Å². The molecule has 1 aromatic heterocycles. The molecule has 1 saturated heterocycles. The molecule has 8 nitrogen and oxygen atoms in total. The van der Waals surface area contributed by atoms with Gasteiger partial charge in [0, 0.05) is 45.8 Å². The van der Waals surface area contributed by atoms with Gasteiger partial charge in [-0.05, 0) is 17.5 Å². The van der Waals surface area contributed by atoms with Gasteiger partial charge in [-0.3, -0.25) is 4.99 Å². The number of aromatic nitrogens is 1. The van der Waals surface area contributed by atoms with Gasteiger partial charge in [0.2, 0.25) is 10.0 Å². The molecule has 0 amide bonds. The van der Waals surface area contributed by atoms with Gasteiger partial charge in [0.15, 0.2) is 5.96 Å². The summed E-state index contributed by atoms with van der Waals surface area (Å²) in [4.78, 5) is 6.47. The Morgan fingerprint density at radius 3 is 2.50 bits per heavy atom. The van der Waals surface area contributed by atoms with E-state index in [1.54, 1.807) is 13.1 Å². The second-order valence-electron chi connectivity index (χ2n) is 6.66. The van der Waals surface area contributed by atoms with Crippen molar-refractivity contribution in [2.75, 3.05) is 33.2 Å². The van der Waals surface area contributed by atoms with Crippen LogP contribution in [0.15, 0.2) is 46.1 Å². The maximum Gasteiger partial charge on any atom is 0.220 e. The number of benzene rings is 1. The molecule has 2 aromatic rings. The van der Waals surface area contributed by atoms with Crippen LogP contribution in [0.25, 0.3) is 0 Å². The molecular weight excluding hydrogens is 378 g/mol. The third-order valence-corrected chi connectivity index (χ3v) is 6.71. The molecule has 1 aromatic carbocycles.